The fraction of sp³-hybridized carbons (Fsp3) is 0.0417. The van der Waals surface area contributed by atoms with Crippen molar-refractivity contribution >= 4 is 39.4 Å². The van der Waals surface area contributed by atoms with Crippen LogP contribution in [0.5, 0.6) is 0 Å². The van der Waals surface area contributed by atoms with Crippen LogP contribution in [-0.4, -0.2) is 0 Å². The molecule has 2 heteroatoms. The lowest BCUT2D eigenvalue weighted by Gasteiger charge is -2.34. The third kappa shape index (κ3) is 4.93. The van der Waals surface area contributed by atoms with Gasteiger partial charge < -0.3 is 4.90 Å². The molecule has 0 heterocycles. The highest BCUT2D eigenvalue weighted by Crippen LogP contribution is 2.57. The SMILES string of the molecule is Cc1ccc(C2(c3ccccc3)c3cc(-c4cc(Cl)cc(N(c5ccccc5)c5ccccc5)c4)ccc3-c3cc4ccccc4cc32)cc1. The summed E-state index contributed by atoms with van der Waals surface area (Å²) in [5, 5.41) is 3.18. The van der Waals surface area contributed by atoms with Gasteiger partial charge in [-0.05, 0) is 123 Å². The smallest absolute Gasteiger partial charge is 0.0714 e. The van der Waals surface area contributed by atoms with Crippen LogP contribution in [0.2, 0.25) is 5.02 Å². The standard InChI is InChI=1S/C48H34ClN/c1-33-21-24-39(25-22-33)48(38-15-5-2-6-16-38)46-31-36(23-26-44(46)45-29-34-13-11-12-14-35(34)30-47(45)48)37-27-40(49)32-43(28-37)50(41-17-7-3-8-18-41)42-19-9-4-10-20-42/h2-32H,1H3. The van der Waals surface area contributed by atoms with Gasteiger partial charge in [0.15, 0.2) is 0 Å². The monoisotopic (exact) mass is 659 g/mol. The molecule has 50 heavy (non-hydrogen) atoms. The number of halogens is 1. The molecule has 1 atom stereocenters. The van der Waals surface area contributed by atoms with Gasteiger partial charge in [0.05, 0.1) is 5.41 Å². The Labute approximate surface area is 298 Å². The zero-order chi connectivity index (χ0) is 33.7. The Kier molecular flexibility index (Phi) is 7.38. The van der Waals surface area contributed by atoms with E-state index in [0.717, 1.165) is 28.2 Å². The van der Waals surface area contributed by atoms with Crippen LogP contribution in [-0.2, 0) is 5.41 Å². The van der Waals surface area contributed by atoms with Gasteiger partial charge in [-0.25, -0.2) is 0 Å². The highest BCUT2D eigenvalue weighted by molar-refractivity contribution is 6.31. The van der Waals surface area contributed by atoms with Gasteiger partial charge in [0, 0.05) is 22.1 Å². The Bertz CT molecular complexity index is 2450. The van der Waals surface area contributed by atoms with Gasteiger partial charge in [0.25, 0.3) is 0 Å². The van der Waals surface area contributed by atoms with Crippen LogP contribution >= 0.6 is 11.6 Å². The molecule has 8 aromatic carbocycles. The summed E-state index contributed by atoms with van der Waals surface area (Å²) in [6.07, 6.45) is 0. The maximum absolute atomic E-state index is 7.00. The molecule has 0 spiro atoms. The minimum Gasteiger partial charge on any atom is -0.310 e. The summed E-state index contributed by atoms with van der Waals surface area (Å²) in [5.41, 5.74) is 13.7. The van der Waals surface area contributed by atoms with Crippen molar-refractivity contribution in [2.24, 2.45) is 0 Å². The van der Waals surface area contributed by atoms with Crippen molar-refractivity contribution in [1.82, 2.24) is 0 Å². The average Bonchev–Trinajstić information content (AvgIpc) is 3.44. The number of benzene rings is 8. The molecule has 0 N–H and O–H groups in total. The summed E-state index contributed by atoms with van der Waals surface area (Å²) in [6.45, 7) is 2.16. The zero-order valence-corrected chi connectivity index (χ0v) is 28.5. The van der Waals surface area contributed by atoms with Gasteiger partial charge in [0.2, 0.25) is 0 Å². The van der Waals surface area contributed by atoms with Crippen LogP contribution in [0, 0.1) is 6.92 Å². The first-order valence-electron chi connectivity index (χ1n) is 17.1. The molecule has 0 radical (unpaired) electrons. The molecule has 1 unspecified atom stereocenters. The zero-order valence-electron chi connectivity index (χ0n) is 27.7. The number of fused-ring (bicyclic) bond motifs is 4. The van der Waals surface area contributed by atoms with E-state index in [0.29, 0.717) is 5.02 Å². The summed E-state index contributed by atoms with van der Waals surface area (Å²) < 4.78 is 0. The van der Waals surface area contributed by atoms with Crippen LogP contribution in [0.1, 0.15) is 27.8 Å². The van der Waals surface area contributed by atoms with Crippen molar-refractivity contribution in [3.63, 3.8) is 0 Å². The number of nitrogens with zero attached hydrogens (tertiary/aromatic N) is 1. The lowest BCUT2D eigenvalue weighted by Crippen LogP contribution is -2.28. The Morgan fingerprint density at radius 1 is 0.420 bits per heavy atom. The molecule has 0 saturated heterocycles. The maximum atomic E-state index is 7.00. The third-order valence-corrected chi connectivity index (χ3v) is 10.4. The van der Waals surface area contributed by atoms with E-state index in [-0.39, 0.29) is 0 Å². The number of rotatable bonds is 6. The Morgan fingerprint density at radius 3 is 1.64 bits per heavy atom. The first-order chi connectivity index (χ1) is 24.6. The lowest BCUT2D eigenvalue weighted by atomic mass is 9.67. The number of aryl methyl sites for hydroxylation is 1. The topological polar surface area (TPSA) is 3.24 Å². The van der Waals surface area contributed by atoms with Crippen molar-refractivity contribution < 1.29 is 0 Å². The van der Waals surface area contributed by atoms with E-state index in [1.165, 1.54) is 49.7 Å². The second kappa shape index (κ2) is 12.2. The number of hydrogen-bond donors (Lipinski definition) is 0. The average molecular weight is 660 g/mol. The van der Waals surface area contributed by atoms with Crippen LogP contribution in [0.4, 0.5) is 17.1 Å². The van der Waals surface area contributed by atoms with Crippen molar-refractivity contribution in [1.29, 1.82) is 0 Å². The molecule has 1 nitrogen and oxygen atoms in total. The lowest BCUT2D eigenvalue weighted by molar-refractivity contribution is 0.769. The van der Waals surface area contributed by atoms with E-state index in [1.54, 1.807) is 0 Å². The Hall–Kier alpha value is -5.89. The van der Waals surface area contributed by atoms with E-state index in [2.05, 4.69) is 200 Å². The summed E-state index contributed by atoms with van der Waals surface area (Å²) in [7, 11) is 0. The molecule has 0 amide bonds. The van der Waals surface area contributed by atoms with Crippen LogP contribution in [0.15, 0.2) is 188 Å². The van der Waals surface area contributed by atoms with Crippen molar-refractivity contribution in [2.45, 2.75) is 12.3 Å². The molecule has 1 aliphatic carbocycles. The fourth-order valence-electron chi connectivity index (χ4n) is 7.94. The highest BCUT2D eigenvalue weighted by Gasteiger charge is 2.46. The maximum Gasteiger partial charge on any atom is 0.0714 e. The molecule has 0 bridgehead atoms. The predicted octanol–water partition coefficient (Wildman–Crippen LogP) is 13.3. The van der Waals surface area contributed by atoms with Crippen LogP contribution in [0.25, 0.3) is 33.0 Å². The first-order valence-corrected chi connectivity index (χ1v) is 17.5. The molecular formula is C48H34ClN. The normalized spacial score (nSPS) is 14.7. The predicted molar refractivity (Wildman–Crippen MR) is 211 cm³/mol. The molecule has 0 aliphatic heterocycles. The molecule has 0 fully saturated rings. The summed E-state index contributed by atoms with van der Waals surface area (Å²) >= 11 is 7.00. The largest absolute Gasteiger partial charge is 0.310 e. The fourth-order valence-corrected chi connectivity index (χ4v) is 8.17. The van der Waals surface area contributed by atoms with E-state index < -0.39 is 5.41 Å². The molecule has 0 aromatic heterocycles. The summed E-state index contributed by atoms with van der Waals surface area (Å²) in [4.78, 5) is 2.27. The van der Waals surface area contributed by atoms with Gasteiger partial charge in [0.1, 0.15) is 0 Å². The van der Waals surface area contributed by atoms with Gasteiger partial charge in [-0.3, -0.25) is 0 Å². The molecule has 238 valence electrons. The van der Waals surface area contributed by atoms with E-state index in [4.69, 9.17) is 11.6 Å². The number of anilines is 3. The van der Waals surface area contributed by atoms with Crippen molar-refractivity contribution in [2.75, 3.05) is 4.90 Å². The van der Waals surface area contributed by atoms with E-state index >= 15 is 0 Å². The minimum absolute atomic E-state index is 0.513. The van der Waals surface area contributed by atoms with Gasteiger partial charge in [-0.15, -0.1) is 0 Å². The quantitative estimate of drug-likeness (QED) is 0.172. The van der Waals surface area contributed by atoms with Crippen LogP contribution in [0.3, 0.4) is 0 Å². The summed E-state index contributed by atoms with van der Waals surface area (Å²) in [6, 6.07) is 68.0. The van der Waals surface area contributed by atoms with Gasteiger partial charge in [-0.1, -0.05) is 145 Å². The molecule has 0 saturated carbocycles. The van der Waals surface area contributed by atoms with E-state index in [9.17, 15) is 0 Å². The first kappa shape index (κ1) is 30.2. The second-order valence-electron chi connectivity index (χ2n) is 13.2. The molecular weight excluding hydrogens is 626 g/mol. The Balaban J connectivity index is 1.30. The van der Waals surface area contributed by atoms with Crippen LogP contribution < -0.4 is 4.90 Å². The van der Waals surface area contributed by atoms with Gasteiger partial charge >= 0.3 is 0 Å². The van der Waals surface area contributed by atoms with Gasteiger partial charge in [-0.2, -0.15) is 0 Å². The Morgan fingerprint density at radius 2 is 0.980 bits per heavy atom. The second-order valence-corrected chi connectivity index (χ2v) is 13.6. The number of para-hydroxylation sites is 2. The molecule has 1 aliphatic rings. The summed E-state index contributed by atoms with van der Waals surface area (Å²) in [5.74, 6) is 0. The highest BCUT2D eigenvalue weighted by atomic mass is 35.5. The van der Waals surface area contributed by atoms with Crippen molar-refractivity contribution in [3.05, 3.63) is 221 Å². The third-order valence-electron chi connectivity index (χ3n) is 10.2. The molecule has 9 rings (SSSR count). The van der Waals surface area contributed by atoms with E-state index in [1.807, 2.05) is 0 Å². The van der Waals surface area contributed by atoms with Crippen molar-refractivity contribution in [3.8, 4) is 22.3 Å². The molecule has 8 aromatic rings. The number of hydrogen-bond acceptors (Lipinski definition) is 1. The minimum atomic E-state index is -0.513.